The Kier molecular flexibility index (Phi) is 14.0. The number of ether oxygens (including phenoxy) is 1. The molecule has 2 atom stereocenters. The van der Waals surface area contributed by atoms with E-state index in [0.717, 1.165) is 6.08 Å². The van der Waals surface area contributed by atoms with Gasteiger partial charge in [-0.1, -0.05) is 32.2 Å². The Morgan fingerprint density at radius 3 is 1.66 bits per heavy atom. The molecular weight excluding hydrogens is 384 g/mol. The number of benzene rings is 1. The third-order valence-corrected chi connectivity index (χ3v) is 3.13. The Hall–Kier alpha value is -3.46. The zero-order chi connectivity index (χ0) is 23.1. The standard InChI is InChI=1S/C8H6O4.C8H14O3.C4H6O2/c9-7(10)5-3-1-2-4-6(5)8(11)12;1-4-7(6(3)9)11-8(10)5-2;1-3(2)4(5)6/h1-4H,(H,9,10)(H,11,12);5-7,9H,2,4H2,1,3H3;1H2,2H3,(H,5,6). The number of carboxylic acids is 3. The van der Waals surface area contributed by atoms with E-state index in [9.17, 15) is 19.2 Å². The Morgan fingerprint density at radius 2 is 1.45 bits per heavy atom. The number of hydrogen-bond acceptors (Lipinski definition) is 6. The molecule has 9 heteroatoms. The van der Waals surface area contributed by atoms with Gasteiger partial charge in [0, 0.05) is 11.6 Å². The summed E-state index contributed by atoms with van der Waals surface area (Å²) in [6.07, 6.45) is 0.659. The van der Waals surface area contributed by atoms with Crippen molar-refractivity contribution < 1.29 is 44.3 Å². The van der Waals surface area contributed by atoms with Crippen LogP contribution >= 0.6 is 0 Å². The van der Waals surface area contributed by atoms with Crippen molar-refractivity contribution in [2.24, 2.45) is 0 Å². The molecule has 0 saturated heterocycles. The number of aliphatic hydroxyl groups excluding tert-OH is 1. The van der Waals surface area contributed by atoms with Crippen molar-refractivity contribution in [1.82, 2.24) is 0 Å². The smallest absolute Gasteiger partial charge is 0.336 e. The zero-order valence-corrected chi connectivity index (χ0v) is 16.5. The first kappa shape index (κ1) is 27.8. The van der Waals surface area contributed by atoms with Crippen LogP contribution < -0.4 is 0 Å². The lowest BCUT2D eigenvalue weighted by molar-refractivity contribution is -0.148. The molecule has 0 bridgehead atoms. The number of carboxylic acid groups (broad SMARTS) is 3. The number of rotatable bonds is 7. The molecule has 2 unspecified atom stereocenters. The van der Waals surface area contributed by atoms with Crippen LogP contribution in [-0.2, 0) is 14.3 Å². The molecule has 0 aliphatic rings. The number of carbonyl (C=O) groups is 4. The zero-order valence-electron chi connectivity index (χ0n) is 16.5. The number of aromatic carboxylic acids is 2. The predicted molar refractivity (Wildman–Crippen MR) is 105 cm³/mol. The summed E-state index contributed by atoms with van der Waals surface area (Å²) < 4.78 is 4.80. The Balaban J connectivity index is 0. The van der Waals surface area contributed by atoms with Crippen molar-refractivity contribution >= 4 is 23.9 Å². The van der Waals surface area contributed by atoms with Gasteiger partial charge in [0.1, 0.15) is 6.10 Å². The van der Waals surface area contributed by atoms with Crippen LogP contribution in [0.25, 0.3) is 0 Å². The summed E-state index contributed by atoms with van der Waals surface area (Å²) >= 11 is 0. The SMILES string of the molecule is C=C(C)C(=O)O.C=CC(=O)OC(CC)C(C)O.O=C(O)c1ccccc1C(=O)O. The molecule has 1 aromatic rings. The fourth-order valence-corrected chi connectivity index (χ4v) is 1.58. The normalized spacial score (nSPS) is 11.2. The van der Waals surface area contributed by atoms with E-state index in [2.05, 4.69) is 13.2 Å². The topological polar surface area (TPSA) is 158 Å². The molecule has 0 spiro atoms. The van der Waals surface area contributed by atoms with E-state index >= 15 is 0 Å². The van der Waals surface area contributed by atoms with Crippen molar-refractivity contribution in [3.8, 4) is 0 Å². The van der Waals surface area contributed by atoms with Gasteiger partial charge in [0.15, 0.2) is 0 Å². The lowest BCUT2D eigenvalue weighted by Gasteiger charge is -2.17. The minimum Gasteiger partial charge on any atom is -0.478 e. The van der Waals surface area contributed by atoms with Crippen LogP contribution in [0.15, 0.2) is 49.1 Å². The Bertz CT molecular complexity index is 690. The molecule has 0 aliphatic heterocycles. The van der Waals surface area contributed by atoms with Gasteiger partial charge in [-0.3, -0.25) is 0 Å². The largest absolute Gasteiger partial charge is 0.478 e. The van der Waals surface area contributed by atoms with Gasteiger partial charge < -0.3 is 25.2 Å². The van der Waals surface area contributed by atoms with Crippen LogP contribution in [0.5, 0.6) is 0 Å². The first-order chi connectivity index (χ1) is 13.4. The summed E-state index contributed by atoms with van der Waals surface area (Å²) in [6.45, 7) is 11.3. The Labute approximate surface area is 168 Å². The van der Waals surface area contributed by atoms with Crippen molar-refractivity contribution in [1.29, 1.82) is 0 Å². The molecule has 9 nitrogen and oxygen atoms in total. The molecule has 0 amide bonds. The second-order valence-electron chi connectivity index (χ2n) is 5.57. The van der Waals surface area contributed by atoms with Gasteiger partial charge in [-0.05, 0) is 32.4 Å². The minimum atomic E-state index is -1.23. The van der Waals surface area contributed by atoms with E-state index < -0.39 is 36.1 Å². The Morgan fingerprint density at radius 1 is 1.07 bits per heavy atom. The van der Waals surface area contributed by atoms with Crippen LogP contribution in [0.1, 0.15) is 47.9 Å². The maximum atomic E-state index is 10.6. The predicted octanol–water partition coefficient (Wildman–Crippen LogP) is 2.61. The molecule has 29 heavy (non-hydrogen) atoms. The summed E-state index contributed by atoms with van der Waals surface area (Å²) in [6, 6.07) is 5.48. The van der Waals surface area contributed by atoms with E-state index in [1.165, 1.54) is 31.2 Å². The number of hydrogen-bond donors (Lipinski definition) is 4. The fourth-order valence-electron chi connectivity index (χ4n) is 1.58. The van der Waals surface area contributed by atoms with E-state index in [1.807, 2.05) is 6.92 Å². The van der Waals surface area contributed by atoms with Gasteiger partial charge in [0.25, 0.3) is 0 Å². The summed E-state index contributed by atoms with van der Waals surface area (Å²) in [4.78, 5) is 41.2. The molecule has 160 valence electrons. The molecule has 0 aromatic heterocycles. The van der Waals surface area contributed by atoms with Crippen LogP contribution in [-0.4, -0.2) is 56.5 Å². The van der Waals surface area contributed by atoms with Crippen LogP contribution in [0, 0.1) is 0 Å². The van der Waals surface area contributed by atoms with E-state index in [4.69, 9.17) is 25.2 Å². The van der Waals surface area contributed by atoms with Gasteiger partial charge in [-0.2, -0.15) is 0 Å². The molecule has 0 fully saturated rings. The van der Waals surface area contributed by atoms with E-state index in [0.29, 0.717) is 6.42 Å². The average molecular weight is 410 g/mol. The highest BCUT2D eigenvalue weighted by Gasteiger charge is 2.15. The third kappa shape index (κ3) is 12.5. The van der Waals surface area contributed by atoms with Gasteiger partial charge in [0.2, 0.25) is 0 Å². The van der Waals surface area contributed by atoms with Crippen molar-refractivity contribution in [3.63, 3.8) is 0 Å². The summed E-state index contributed by atoms with van der Waals surface area (Å²) in [5, 5.41) is 34.0. The molecule has 0 radical (unpaired) electrons. The third-order valence-electron chi connectivity index (χ3n) is 3.13. The van der Waals surface area contributed by atoms with Crippen LogP contribution in [0.4, 0.5) is 0 Å². The second-order valence-corrected chi connectivity index (χ2v) is 5.57. The lowest BCUT2D eigenvalue weighted by atomic mass is 10.1. The molecule has 0 aliphatic carbocycles. The lowest BCUT2D eigenvalue weighted by Crippen LogP contribution is -2.27. The van der Waals surface area contributed by atoms with Crippen molar-refractivity contribution in [3.05, 3.63) is 60.2 Å². The monoisotopic (exact) mass is 410 g/mol. The highest BCUT2D eigenvalue weighted by atomic mass is 16.6. The molecule has 0 saturated carbocycles. The fraction of sp³-hybridized carbons (Fsp3) is 0.300. The first-order valence-electron chi connectivity index (χ1n) is 8.34. The van der Waals surface area contributed by atoms with Gasteiger partial charge in [0.05, 0.1) is 17.2 Å². The van der Waals surface area contributed by atoms with Crippen molar-refractivity contribution in [2.45, 2.75) is 39.4 Å². The quantitative estimate of drug-likeness (QED) is 0.391. The first-order valence-corrected chi connectivity index (χ1v) is 8.34. The molecular formula is C20H26O9. The second kappa shape index (κ2) is 14.6. The van der Waals surface area contributed by atoms with Gasteiger partial charge in [-0.15, -0.1) is 0 Å². The van der Waals surface area contributed by atoms with E-state index in [1.54, 1.807) is 6.92 Å². The highest BCUT2D eigenvalue weighted by molar-refractivity contribution is 6.01. The molecule has 1 rings (SSSR count). The number of esters is 1. The van der Waals surface area contributed by atoms with E-state index in [-0.39, 0.29) is 16.7 Å². The summed E-state index contributed by atoms with van der Waals surface area (Å²) in [7, 11) is 0. The molecule has 1 aromatic carbocycles. The van der Waals surface area contributed by atoms with Crippen molar-refractivity contribution in [2.75, 3.05) is 0 Å². The molecule has 4 N–H and O–H groups in total. The minimum absolute atomic E-state index is 0.176. The van der Waals surface area contributed by atoms with Gasteiger partial charge >= 0.3 is 23.9 Å². The maximum absolute atomic E-state index is 10.6. The maximum Gasteiger partial charge on any atom is 0.336 e. The highest BCUT2D eigenvalue weighted by Crippen LogP contribution is 2.08. The van der Waals surface area contributed by atoms with Gasteiger partial charge in [-0.25, -0.2) is 19.2 Å². The molecule has 0 heterocycles. The number of carbonyl (C=O) groups excluding carboxylic acids is 1. The summed E-state index contributed by atoms with van der Waals surface area (Å²) in [5.74, 6) is -3.88. The number of aliphatic hydroxyl groups is 1. The van der Waals surface area contributed by atoms with Crippen LogP contribution in [0.3, 0.4) is 0 Å². The number of aliphatic carboxylic acids is 1. The summed E-state index contributed by atoms with van der Waals surface area (Å²) in [5.41, 5.74) is -0.204. The average Bonchev–Trinajstić information content (AvgIpc) is 2.66. The van der Waals surface area contributed by atoms with Crippen LogP contribution in [0.2, 0.25) is 0 Å².